The molecule has 1 aliphatic heterocycles. The van der Waals surface area contributed by atoms with Gasteiger partial charge >= 0.3 is 0 Å². The first-order chi connectivity index (χ1) is 14.9. The number of anilines is 2. The molecule has 0 unspecified atom stereocenters. The van der Waals surface area contributed by atoms with Crippen LogP contribution < -0.4 is 10.2 Å². The van der Waals surface area contributed by atoms with Crippen LogP contribution in [0.3, 0.4) is 0 Å². The third-order valence-electron chi connectivity index (χ3n) is 5.78. The van der Waals surface area contributed by atoms with Crippen molar-refractivity contribution in [3.05, 3.63) is 18.0 Å². The number of amides is 1. The molecule has 164 valence electrons. The third-order valence-corrected chi connectivity index (χ3v) is 5.78. The highest BCUT2D eigenvalue weighted by Gasteiger charge is 2.38. The second-order valence-corrected chi connectivity index (χ2v) is 8.98. The summed E-state index contributed by atoms with van der Waals surface area (Å²) in [4.78, 5) is 26.1. The minimum absolute atomic E-state index is 0.0669. The van der Waals surface area contributed by atoms with Crippen molar-refractivity contribution in [2.45, 2.75) is 39.7 Å². The number of rotatable bonds is 6. The van der Waals surface area contributed by atoms with Crippen LogP contribution in [0.2, 0.25) is 0 Å². The van der Waals surface area contributed by atoms with Gasteiger partial charge in [0.2, 0.25) is 5.91 Å². The molecule has 1 atom stereocenters. The number of nitrogens with one attached hydrogen (secondary N) is 1. The van der Waals surface area contributed by atoms with Gasteiger partial charge in [0.25, 0.3) is 0 Å². The fourth-order valence-electron chi connectivity index (χ4n) is 3.92. The highest BCUT2D eigenvalue weighted by atomic mass is 16.2. The molecule has 1 saturated carbocycles. The summed E-state index contributed by atoms with van der Waals surface area (Å²) in [6.45, 7) is 8.92. The van der Waals surface area contributed by atoms with Gasteiger partial charge in [-0.3, -0.25) is 9.48 Å². The maximum absolute atomic E-state index is 12.6. The zero-order chi connectivity index (χ0) is 22.1. The van der Waals surface area contributed by atoms with Crippen LogP contribution in [0.4, 0.5) is 11.6 Å². The van der Waals surface area contributed by atoms with Gasteiger partial charge < -0.3 is 15.1 Å². The monoisotopic (exact) mass is 422 g/mol. The summed E-state index contributed by atoms with van der Waals surface area (Å²) < 4.78 is 1.71. The van der Waals surface area contributed by atoms with Crippen molar-refractivity contribution >= 4 is 17.5 Å². The van der Waals surface area contributed by atoms with Crippen LogP contribution in [-0.2, 0) is 11.8 Å². The van der Waals surface area contributed by atoms with Crippen molar-refractivity contribution in [1.29, 1.82) is 5.26 Å². The van der Waals surface area contributed by atoms with Crippen LogP contribution in [-0.4, -0.2) is 62.8 Å². The number of carbonyl (C=O) groups is 1. The van der Waals surface area contributed by atoms with E-state index >= 15 is 0 Å². The molecule has 0 bridgehead atoms. The van der Waals surface area contributed by atoms with Crippen molar-refractivity contribution < 1.29 is 4.79 Å². The molecule has 0 aromatic carbocycles. The Balaban J connectivity index is 1.67. The molecule has 1 saturated heterocycles. The van der Waals surface area contributed by atoms with Gasteiger partial charge in [-0.15, -0.1) is 0 Å². The Kier molecular flexibility index (Phi) is 5.81. The van der Waals surface area contributed by atoms with Gasteiger partial charge in [-0.1, -0.05) is 13.8 Å². The van der Waals surface area contributed by atoms with Gasteiger partial charge in [-0.25, -0.2) is 9.97 Å². The quantitative estimate of drug-likeness (QED) is 0.762. The molecular formula is C22H30N8O. The van der Waals surface area contributed by atoms with Crippen LogP contribution in [0.15, 0.2) is 12.4 Å². The number of hydrogen-bond acceptors (Lipinski definition) is 7. The average Bonchev–Trinajstić information content (AvgIpc) is 3.51. The first kappa shape index (κ1) is 21.1. The summed E-state index contributed by atoms with van der Waals surface area (Å²) in [5.74, 6) is 2.59. The Morgan fingerprint density at radius 2 is 2.10 bits per heavy atom. The normalized spacial score (nSPS) is 18.9. The Morgan fingerprint density at radius 1 is 1.32 bits per heavy atom. The third kappa shape index (κ3) is 4.48. The van der Waals surface area contributed by atoms with E-state index in [4.69, 9.17) is 4.98 Å². The highest BCUT2D eigenvalue weighted by Crippen LogP contribution is 2.34. The van der Waals surface area contributed by atoms with Crippen LogP contribution in [0.5, 0.6) is 0 Å². The van der Waals surface area contributed by atoms with E-state index in [-0.39, 0.29) is 17.9 Å². The SMILES string of the molecule is CC(C)CNc1nc(-c2cnn(C)c2)nc(N2CCN(C(=O)C3CC3)[C@H](C)C2)c1C#N. The van der Waals surface area contributed by atoms with E-state index in [0.29, 0.717) is 55.1 Å². The van der Waals surface area contributed by atoms with Crippen molar-refractivity contribution in [3.8, 4) is 17.5 Å². The van der Waals surface area contributed by atoms with Gasteiger partial charge in [-0.2, -0.15) is 10.4 Å². The molecule has 2 fully saturated rings. The van der Waals surface area contributed by atoms with E-state index in [1.807, 2.05) is 18.1 Å². The Labute approximate surface area is 183 Å². The maximum atomic E-state index is 12.6. The Morgan fingerprint density at radius 3 is 2.68 bits per heavy atom. The van der Waals surface area contributed by atoms with Gasteiger partial charge in [0, 0.05) is 51.4 Å². The molecule has 0 spiro atoms. The molecule has 1 amide bonds. The lowest BCUT2D eigenvalue weighted by Gasteiger charge is -2.41. The van der Waals surface area contributed by atoms with E-state index in [1.165, 1.54) is 0 Å². The van der Waals surface area contributed by atoms with Gasteiger partial charge in [0.15, 0.2) is 11.6 Å². The fourth-order valence-corrected chi connectivity index (χ4v) is 3.92. The number of aryl methyl sites for hydroxylation is 1. The summed E-state index contributed by atoms with van der Waals surface area (Å²) in [5, 5.41) is 17.5. The number of carbonyl (C=O) groups excluding carboxylic acids is 1. The van der Waals surface area contributed by atoms with Crippen LogP contribution in [0, 0.1) is 23.2 Å². The van der Waals surface area contributed by atoms with Gasteiger partial charge in [-0.05, 0) is 25.7 Å². The lowest BCUT2D eigenvalue weighted by Crippen LogP contribution is -2.55. The molecule has 9 nitrogen and oxygen atoms in total. The molecule has 1 N–H and O–H groups in total. The molecule has 2 aromatic heterocycles. The zero-order valence-electron chi connectivity index (χ0n) is 18.7. The van der Waals surface area contributed by atoms with Crippen molar-refractivity contribution in [2.24, 2.45) is 18.9 Å². The van der Waals surface area contributed by atoms with Crippen molar-refractivity contribution in [2.75, 3.05) is 36.4 Å². The molecule has 4 rings (SSSR count). The molecule has 1 aliphatic carbocycles. The summed E-state index contributed by atoms with van der Waals surface area (Å²) >= 11 is 0. The van der Waals surface area contributed by atoms with E-state index in [1.54, 1.807) is 10.9 Å². The van der Waals surface area contributed by atoms with Crippen LogP contribution in [0.25, 0.3) is 11.4 Å². The van der Waals surface area contributed by atoms with E-state index < -0.39 is 0 Å². The number of aromatic nitrogens is 4. The van der Waals surface area contributed by atoms with E-state index in [0.717, 1.165) is 18.4 Å². The maximum Gasteiger partial charge on any atom is 0.226 e. The second-order valence-electron chi connectivity index (χ2n) is 8.98. The molecule has 0 radical (unpaired) electrons. The molecular weight excluding hydrogens is 392 g/mol. The molecule has 3 heterocycles. The molecule has 2 aromatic rings. The largest absolute Gasteiger partial charge is 0.369 e. The number of piperazine rings is 1. The first-order valence-corrected chi connectivity index (χ1v) is 11.0. The first-order valence-electron chi connectivity index (χ1n) is 11.0. The second kappa shape index (κ2) is 8.53. The highest BCUT2D eigenvalue weighted by molar-refractivity contribution is 5.81. The van der Waals surface area contributed by atoms with Crippen molar-refractivity contribution in [1.82, 2.24) is 24.6 Å². The predicted octanol–water partition coefficient (Wildman–Crippen LogP) is 2.26. The fraction of sp³-hybridized carbons (Fsp3) is 0.591. The zero-order valence-corrected chi connectivity index (χ0v) is 18.7. The smallest absolute Gasteiger partial charge is 0.226 e. The van der Waals surface area contributed by atoms with Crippen molar-refractivity contribution in [3.63, 3.8) is 0 Å². The topological polar surface area (TPSA) is 103 Å². The summed E-state index contributed by atoms with van der Waals surface area (Å²) in [5.41, 5.74) is 1.25. The molecule has 31 heavy (non-hydrogen) atoms. The number of nitriles is 1. The predicted molar refractivity (Wildman–Crippen MR) is 118 cm³/mol. The summed E-state index contributed by atoms with van der Waals surface area (Å²) in [7, 11) is 1.85. The Hall–Kier alpha value is -3.15. The minimum atomic E-state index is 0.0669. The van der Waals surface area contributed by atoms with Crippen LogP contribution >= 0.6 is 0 Å². The minimum Gasteiger partial charge on any atom is -0.369 e. The van der Waals surface area contributed by atoms with Gasteiger partial charge in [0.1, 0.15) is 17.5 Å². The summed E-state index contributed by atoms with van der Waals surface area (Å²) in [6, 6.07) is 2.38. The number of nitrogens with zero attached hydrogens (tertiary/aromatic N) is 7. The van der Waals surface area contributed by atoms with Crippen LogP contribution in [0.1, 0.15) is 39.2 Å². The van der Waals surface area contributed by atoms with E-state index in [9.17, 15) is 10.1 Å². The van der Waals surface area contributed by atoms with Gasteiger partial charge in [0.05, 0.1) is 11.8 Å². The average molecular weight is 423 g/mol. The molecule has 2 aliphatic rings. The molecule has 9 heteroatoms. The Bertz CT molecular complexity index is 1000. The lowest BCUT2D eigenvalue weighted by molar-refractivity contribution is -0.134. The standard InChI is InChI=1S/C22H30N8O/c1-14(2)10-24-20-18(9-23)21(27-19(26-20)17-11-25-28(4)13-17)29-7-8-30(15(3)12-29)22(31)16-5-6-16/h11,13-16H,5-8,10,12H2,1-4H3,(H,24,26,27)/t15-/m1/s1. The number of hydrogen-bond donors (Lipinski definition) is 1. The van der Waals surface area contributed by atoms with E-state index in [2.05, 4.69) is 47.1 Å². The summed E-state index contributed by atoms with van der Waals surface area (Å²) in [6.07, 6.45) is 5.61. The lowest BCUT2D eigenvalue weighted by atomic mass is 10.1.